The lowest BCUT2D eigenvalue weighted by atomic mass is 10.1. The van der Waals surface area contributed by atoms with Gasteiger partial charge in [0.2, 0.25) is 0 Å². The molecule has 3 rings (SSSR count). The summed E-state index contributed by atoms with van der Waals surface area (Å²) in [4.78, 5) is 14.6. The minimum Gasteiger partial charge on any atom is -0.485 e. The molecule has 0 spiro atoms. The molecule has 0 unspecified atom stereocenters. The standard InChI is InChI=1S/C16H15N5O3/c17-15(11-5-2-1-3-6-11)16-18-14(19-20-16)10-24-13-8-4-7-12(9-13)21(22)23/h1-9,15H,10,17H2,(H,18,19,20)/t15-/m0/s1. The second-order valence-corrected chi connectivity index (χ2v) is 5.07. The van der Waals surface area contributed by atoms with Gasteiger partial charge < -0.3 is 10.5 Å². The average Bonchev–Trinajstić information content (AvgIpc) is 3.09. The van der Waals surface area contributed by atoms with Crippen LogP contribution in [0.5, 0.6) is 5.75 Å². The van der Waals surface area contributed by atoms with Crippen molar-refractivity contribution in [2.75, 3.05) is 0 Å². The van der Waals surface area contributed by atoms with Gasteiger partial charge in [-0.2, -0.15) is 5.10 Å². The molecule has 0 radical (unpaired) electrons. The van der Waals surface area contributed by atoms with Crippen LogP contribution in [0.4, 0.5) is 5.69 Å². The van der Waals surface area contributed by atoms with Crippen molar-refractivity contribution in [3.05, 3.63) is 81.9 Å². The SMILES string of the molecule is N[C@@H](c1ccccc1)c1n[nH]c(COc2cccc([N+](=O)[O-])c2)n1. The topological polar surface area (TPSA) is 120 Å². The molecule has 8 heteroatoms. The quantitative estimate of drug-likeness (QED) is 0.530. The highest BCUT2D eigenvalue weighted by Crippen LogP contribution is 2.20. The monoisotopic (exact) mass is 325 g/mol. The van der Waals surface area contributed by atoms with Crippen molar-refractivity contribution in [2.45, 2.75) is 12.6 Å². The van der Waals surface area contributed by atoms with Crippen molar-refractivity contribution in [3.63, 3.8) is 0 Å². The molecule has 122 valence electrons. The van der Waals surface area contributed by atoms with Crippen molar-refractivity contribution in [1.29, 1.82) is 0 Å². The maximum Gasteiger partial charge on any atom is 0.273 e. The van der Waals surface area contributed by atoms with Crippen molar-refractivity contribution in [3.8, 4) is 5.75 Å². The molecule has 1 atom stereocenters. The minimum atomic E-state index is -0.474. The summed E-state index contributed by atoms with van der Waals surface area (Å²) in [5.74, 6) is 1.33. The van der Waals surface area contributed by atoms with Crippen LogP contribution in [0.15, 0.2) is 54.6 Å². The summed E-state index contributed by atoms with van der Waals surface area (Å²) in [5.41, 5.74) is 7.00. The Morgan fingerprint density at radius 1 is 1.21 bits per heavy atom. The van der Waals surface area contributed by atoms with E-state index in [4.69, 9.17) is 10.5 Å². The molecule has 3 N–H and O–H groups in total. The first-order valence-corrected chi connectivity index (χ1v) is 7.22. The third kappa shape index (κ3) is 3.55. The number of non-ortho nitro benzene ring substituents is 1. The van der Waals surface area contributed by atoms with Gasteiger partial charge in [0.15, 0.2) is 11.6 Å². The molecular weight excluding hydrogens is 310 g/mol. The number of nitrogens with one attached hydrogen (secondary N) is 1. The Balaban J connectivity index is 1.66. The Morgan fingerprint density at radius 2 is 2.00 bits per heavy atom. The van der Waals surface area contributed by atoms with E-state index in [0.29, 0.717) is 17.4 Å². The third-order valence-corrected chi connectivity index (χ3v) is 3.39. The van der Waals surface area contributed by atoms with E-state index in [9.17, 15) is 10.1 Å². The number of H-pyrrole nitrogens is 1. The molecule has 3 aromatic rings. The Bertz CT molecular complexity index is 834. The fourth-order valence-corrected chi connectivity index (χ4v) is 2.16. The molecule has 24 heavy (non-hydrogen) atoms. The van der Waals surface area contributed by atoms with E-state index in [0.717, 1.165) is 5.56 Å². The van der Waals surface area contributed by atoms with E-state index in [1.807, 2.05) is 30.3 Å². The van der Waals surface area contributed by atoms with Crippen LogP contribution in [0.25, 0.3) is 0 Å². The van der Waals surface area contributed by atoms with Crippen LogP contribution in [-0.4, -0.2) is 20.1 Å². The first-order valence-electron chi connectivity index (χ1n) is 7.22. The Kier molecular flexibility index (Phi) is 4.48. The van der Waals surface area contributed by atoms with Gasteiger partial charge in [-0.3, -0.25) is 15.2 Å². The predicted octanol–water partition coefficient (Wildman–Crippen LogP) is 2.34. The van der Waals surface area contributed by atoms with Crippen molar-refractivity contribution in [1.82, 2.24) is 15.2 Å². The van der Waals surface area contributed by atoms with Crippen molar-refractivity contribution < 1.29 is 9.66 Å². The summed E-state index contributed by atoms with van der Waals surface area (Å²) < 4.78 is 5.50. The summed E-state index contributed by atoms with van der Waals surface area (Å²) >= 11 is 0. The van der Waals surface area contributed by atoms with Gasteiger partial charge in [0.1, 0.15) is 12.4 Å². The summed E-state index contributed by atoms with van der Waals surface area (Å²) in [6.07, 6.45) is 0. The third-order valence-electron chi connectivity index (χ3n) is 3.39. The van der Waals surface area contributed by atoms with Crippen LogP contribution in [0.2, 0.25) is 0 Å². The molecule has 0 aliphatic heterocycles. The van der Waals surface area contributed by atoms with E-state index < -0.39 is 11.0 Å². The number of rotatable bonds is 6. The van der Waals surface area contributed by atoms with Gasteiger partial charge in [0, 0.05) is 6.07 Å². The Hall–Kier alpha value is -3.26. The lowest BCUT2D eigenvalue weighted by Crippen LogP contribution is -2.13. The van der Waals surface area contributed by atoms with Gasteiger partial charge in [-0.05, 0) is 11.6 Å². The highest BCUT2D eigenvalue weighted by Gasteiger charge is 2.14. The zero-order chi connectivity index (χ0) is 16.9. The Morgan fingerprint density at radius 3 is 2.75 bits per heavy atom. The van der Waals surface area contributed by atoms with Crippen LogP contribution in [0.3, 0.4) is 0 Å². The van der Waals surface area contributed by atoms with E-state index >= 15 is 0 Å². The maximum atomic E-state index is 10.7. The normalized spacial score (nSPS) is 11.9. The summed E-state index contributed by atoms with van der Waals surface area (Å²) in [7, 11) is 0. The van der Waals surface area contributed by atoms with E-state index in [-0.39, 0.29) is 12.3 Å². The number of nitrogens with zero attached hydrogens (tertiary/aromatic N) is 3. The van der Waals surface area contributed by atoms with E-state index in [1.54, 1.807) is 12.1 Å². The molecule has 0 bridgehead atoms. The molecule has 1 heterocycles. The fourth-order valence-electron chi connectivity index (χ4n) is 2.16. The molecule has 1 aromatic heterocycles. The maximum absolute atomic E-state index is 10.7. The van der Waals surface area contributed by atoms with E-state index in [2.05, 4.69) is 15.2 Å². The number of nitro benzene ring substituents is 1. The zero-order valence-electron chi connectivity index (χ0n) is 12.6. The minimum absolute atomic E-state index is 0.0307. The number of ether oxygens (including phenoxy) is 1. The molecule has 0 saturated heterocycles. The van der Waals surface area contributed by atoms with Gasteiger partial charge in [-0.15, -0.1) is 0 Å². The summed E-state index contributed by atoms with van der Waals surface area (Å²) in [6, 6.07) is 15.0. The largest absolute Gasteiger partial charge is 0.485 e. The average molecular weight is 325 g/mol. The molecule has 0 fully saturated rings. The molecular formula is C16H15N5O3. The van der Waals surface area contributed by atoms with Crippen molar-refractivity contribution >= 4 is 5.69 Å². The van der Waals surface area contributed by atoms with Crippen LogP contribution >= 0.6 is 0 Å². The number of aromatic amines is 1. The number of aromatic nitrogens is 3. The number of nitrogens with two attached hydrogens (primary N) is 1. The highest BCUT2D eigenvalue weighted by atomic mass is 16.6. The number of hydrogen-bond donors (Lipinski definition) is 2. The molecule has 0 aliphatic rings. The molecule has 0 amide bonds. The smallest absolute Gasteiger partial charge is 0.273 e. The molecule has 2 aromatic carbocycles. The van der Waals surface area contributed by atoms with Crippen LogP contribution in [0.1, 0.15) is 23.3 Å². The number of hydrogen-bond acceptors (Lipinski definition) is 6. The molecule has 0 saturated carbocycles. The van der Waals surface area contributed by atoms with Crippen molar-refractivity contribution in [2.24, 2.45) is 5.73 Å². The van der Waals surface area contributed by atoms with Crippen LogP contribution in [-0.2, 0) is 6.61 Å². The molecule has 8 nitrogen and oxygen atoms in total. The van der Waals surface area contributed by atoms with Crippen LogP contribution in [0, 0.1) is 10.1 Å². The number of nitro groups is 1. The Labute approximate surface area is 137 Å². The van der Waals surface area contributed by atoms with Gasteiger partial charge in [-0.25, -0.2) is 4.98 Å². The number of benzene rings is 2. The van der Waals surface area contributed by atoms with Gasteiger partial charge in [0.05, 0.1) is 17.0 Å². The lowest BCUT2D eigenvalue weighted by Gasteiger charge is -2.07. The fraction of sp³-hybridized carbons (Fsp3) is 0.125. The predicted molar refractivity (Wildman–Crippen MR) is 86.3 cm³/mol. The van der Waals surface area contributed by atoms with E-state index in [1.165, 1.54) is 12.1 Å². The second-order valence-electron chi connectivity index (χ2n) is 5.07. The summed E-state index contributed by atoms with van der Waals surface area (Å²) in [5, 5.41) is 17.6. The highest BCUT2D eigenvalue weighted by molar-refractivity contribution is 5.37. The summed E-state index contributed by atoms with van der Waals surface area (Å²) in [6.45, 7) is 0.107. The lowest BCUT2D eigenvalue weighted by molar-refractivity contribution is -0.384. The van der Waals surface area contributed by atoms with Gasteiger partial charge >= 0.3 is 0 Å². The molecule has 0 aliphatic carbocycles. The zero-order valence-corrected chi connectivity index (χ0v) is 12.6. The second kappa shape index (κ2) is 6.88. The van der Waals surface area contributed by atoms with Gasteiger partial charge in [0.25, 0.3) is 5.69 Å². The van der Waals surface area contributed by atoms with Gasteiger partial charge in [-0.1, -0.05) is 36.4 Å². The first-order chi connectivity index (χ1) is 11.6. The van der Waals surface area contributed by atoms with Crippen LogP contribution < -0.4 is 10.5 Å². The first kappa shape index (κ1) is 15.6.